The van der Waals surface area contributed by atoms with Gasteiger partial charge in [-0.2, -0.15) is 0 Å². The maximum atomic E-state index is 11.8. The van der Waals surface area contributed by atoms with Gasteiger partial charge in [-0.3, -0.25) is 4.79 Å². The van der Waals surface area contributed by atoms with Gasteiger partial charge in [0.2, 0.25) is 5.91 Å². The van der Waals surface area contributed by atoms with Gasteiger partial charge in [0.05, 0.1) is 7.11 Å². The molecule has 4 heteroatoms. The molecule has 1 amide bonds. The number of nitrogens with one attached hydrogen (secondary N) is 1. The normalized spacial score (nSPS) is 10.6. The van der Waals surface area contributed by atoms with Crippen LogP contribution < -0.4 is 14.8 Å². The van der Waals surface area contributed by atoms with Crippen molar-refractivity contribution in [1.82, 2.24) is 0 Å². The molecule has 1 N–H and O–H groups in total. The molecule has 0 radical (unpaired) electrons. The number of benzene rings is 2. The van der Waals surface area contributed by atoms with E-state index in [0.29, 0.717) is 6.42 Å². The monoisotopic (exact) mass is 443 g/mol. The zero-order valence-corrected chi connectivity index (χ0v) is 21.1. The van der Waals surface area contributed by atoms with Crippen LogP contribution >= 0.6 is 0 Å². The third kappa shape index (κ3) is 9.33. The summed E-state index contributed by atoms with van der Waals surface area (Å²) in [5.41, 5.74) is 3.81. The van der Waals surface area contributed by atoms with E-state index in [2.05, 4.69) is 46.9 Å². The van der Waals surface area contributed by atoms with Gasteiger partial charge in [0.15, 0.2) is 0 Å². The Kier molecular flexibility index (Phi) is 12.1. The van der Waals surface area contributed by atoms with E-state index in [1.54, 1.807) is 7.11 Å². The van der Waals surface area contributed by atoms with Crippen LogP contribution in [0.4, 0.5) is 5.69 Å². The zero-order valence-electron chi connectivity index (χ0n) is 21.1. The van der Waals surface area contributed by atoms with Crippen LogP contribution in [0.2, 0.25) is 0 Å². The second-order valence-electron chi connectivity index (χ2n) is 9.68. The molecular formula is C28H45NO3. The largest absolute Gasteiger partial charge is 0.496 e. The van der Waals surface area contributed by atoms with Crippen molar-refractivity contribution in [1.29, 1.82) is 0 Å². The van der Waals surface area contributed by atoms with Crippen LogP contribution in [-0.4, -0.2) is 13.0 Å². The number of carbonyl (C=O) groups is 1. The molecule has 0 aliphatic carbocycles. The van der Waals surface area contributed by atoms with E-state index in [0.717, 1.165) is 52.0 Å². The van der Waals surface area contributed by atoms with Gasteiger partial charge < -0.3 is 14.8 Å². The highest BCUT2D eigenvalue weighted by Gasteiger charge is 2.20. The molecule has 2 aromatic rings. The molecule has 0 atom stereocenters. The number of aryl methyl sites for hydroxylation is 2. The van der Waals surface area contributed by atoms with Gasteiger partial charge in [0, 0.05) is 17.7 Å². The fourth-order valence-electron chi connectivity index (χ4n) is 3.09. The smallest absolute Gasteiger partial charge is 0.224 e. The first-order chi connectivity index (χ1) is 14.4. The quantitative estimate of drug-likeness (QED) is 0.487. The Labute approximate surface area is 196 Å². The van der Waals surface area contributed by atoms with Crippen molar-refractivity contribution in [2.45, 2.75) is 88.0 Å². The van der Waals surface area contributed by atoms with Crippen molar-refractivity contribution in [2.75, 3.05) is 12.4 Å². The molecule has 0 fully saturated rings. The number of methoxy groups -OCH3 is 1. The Hall–Kier alpha value is -2.49. The van der Waals surface area contributed by atoms with E-state index in [1.165, 1.54) is 0 Å². The van der Waals surface area contributed by atoms with Gasteiger partial charge in [-0.1, -0.05) is 55.9 Å². The zero-order chi connectivity index (χ0) is 23.8. The molecule has 0 heterocycles. The summed E-state index contributed by atoms with van der Waals surface area (Å²) in [5, 5.41) is 2.95. The summed E-state index contributed by atoms with van der Waals surface area (Å²) in [5.74, 6) is 3.32. The molecule has 0 bridgehead atoms. The van der Waals surface area contributed by atoms with Crippen LogP contribution in [0.1, 0.15) is 85.4 Å². The summed E-state index contributed by atoms with van der Waals surface area (Å²) in [7, 11) is 1.69. The van der Waals surface area contributed by atoms with Crippen LogP contribution in [-0.2, 0) is 10.2 Å². The lowest BCUT2D eigenvalue weighted by Gasteiger charge is -2.23. The Balaban J connectivity index is 0.00000177. The number of rotatable bonds is 6. The first kappa shape index (κ1) is 29.5. The van der Waals surface area contributed by atoms with Crippen molar-refractivity contribution < 1.29 is 14.3 Å². The molecular weight excluding hydrogens is 398 g/mol. The highest BCUT2D eigenvalue weighted by molar-refractivity contribution is 5.91. The Morgan fingerprint density at radius 3 is 2.00 bits per heavy atom. The highest BCUT2D eigenvalue weighted by atomic mass is 16.5. The Bertz CT molecular complexity index is 838. The van der Waals surface area contributed by atoms with Crippen molar-refractivity contribution in [3.8, 4) is 17.2 Å². The molecule has 2 aromatic carbocycles. The number of anilines is 1. The Morgan fingerprint density at radius 2 is 1.56 bits per heavy atom. The van der Waals surface area contributed by atoms with Crippen molar-refractivity contribution in [2.24, 2.45) is 5.92 Å². The summed E-state index contributed by atoms with van der Waals surface area (Å²) < 4.78 is 11.7. The molecule has 180 valence electrons. The fraction of sp³-hybridized carbons (Fsp3) is 0.536. The minimum Gasteiger partial charge on any atom is -0.496 e. The molecule has 0 aromatic heterocycles. The summed E-state index contributed by atoms with van der Waals surface area (Å²) in [6, 6.07) is 9.80. The van der Waals surface area contributed by atoms with Crippen LogP contribution in [0.3, 0.4) is 0 Å². The predicted octanol–water partition coefficient (Wildman–Crippen LogP) is 8.44. The van der Waals surface area contributed by atoms with Gasteiger partial charge in [0.25, 0.3) is 0 Å². The van der Waals surface area contributed by atoms with Gasteiger partial charge in [-0.05, 0) is 73.1 Å². The first-order valence-electron chi connectivity index (χ1n) is 11.2. The average molecular weight is 444 g/mol. The first-order valence-corrected chi connectivity index (χ1v) is 11.2. The number of ether oxygens (including phenoxy) is 2. The lowest BCUT2D eigenvalue weighted by Crippen LogP contribution is -2.13. The molecule has 0 aliphatic rings. The SMILES string of the molecule is C.CC(C)C.CCCC(=O)Nc1cc(C)c(Oc2ccc(OC)c(C(C)(C)C)c2)c(C)c1. The molecule has 2 rings (SSSR count). The topological polar surface area (TPSA) is 47.6 Å². The number of hydrogen-bond acceptors (Lipinski definition) is 3. The van der Waals surface area contributed by atoms with Crippen LogP contribution in [0.15, 0.2) is 30.3 Å². The van der Waals surface area contributed by atoms with Crippen molar-refractivity contribution in [3.63, 3.8) is 0 Å². The maximum Gasteiger partial charge on any atom is 0.224 e. The van der Waals surface area contributed by atoms with E-state index < -0.39 is 0 Å². The predicted molar refractivity (Wildman–Crippen MR) is 138 cm³/mol. The van der Waals surface area contributed by atoms with Crippen molar-refractivity contribution >= 4 is 11.6 Å². The lowest BCUT2D eigenvalue weighted by molar-refractivity contribution is -0.116. The number of amides is 1. The summed E-state index contributed by atoms with van der Waals surface area (Å²) in [4.78, 5) is 11.8. The summed E-state index contributed by atoms with van der Waals surface area (Å²) in [6.07, 6.45) is 1.36. The van der Waals surface area contributed by atoms with Gasteiger partial charge in [0.1, 0.15) is 17.2 Å². The molecule has 32 heavy (non-hydrogen) atoms. The van der Waals surface area contributed by atoms with Crippen LogP contribution in [0, 0.1) is 19.8 Å². The average Bonchev–Trinajstić information content (AvgIpc) is 2.63. The summed E-state index contributed by atoms with van der Waals surface area (Å²) in [6.45, 7) is 18.9. The molecule has 0 saturated carbocycles. The maximum absolute atomic E-state index is 11.8. The van der Waals surface area contributed by atoms with Crippen LogP contribution in [0.25, 0.3) is 0 Å². The third-order valence-electron chi connectivity index (χ3n) is 4.42. The standard InChI is InChI=1S/C23H31NO3.C4H10.CH4/c1-8-9-21(25)24-17-12-15(2)22(16(3)13-17)27-18-10-11-20(26-7)19(14-18)23(4,5)6;1-4(2)3;/h10-14H,8-9H2,1-7H3,(H,24,25);4H,1-3H3;1H4. The van der Waals surface area contributed by atoms with E-state index in [1.807, 2.05) is 51.1 Å². The van der Waals surface area contributed by atoms with Crippen LogP contribution in [0.5, 0.6) is 17.2 Å². The third-order valence-corrected chi connectivity index (χ3v) is 4.42. The minimum absolute atomic E-state index is 0. The number of hydrogen-bond donors (Lipinski definition) is 1. The van der Waals surface area contributed by atoms with Crippen molar-refractivity contribution in [3.05, 3.63) is 47.0 Å². The van der Waals surface area contributed by atoms with E-state index in [9.17, 15) is 4.79 Å². The van der Waals surface area contributed by atoms with Gasteiger partial charge >= 0.3 is 0 Å². The molecule has 0 unspecified atom stereocenters. The second-order valence-corrected chi connectivity index (χ2v) is 9.68. The molecule has 0 saturated heterocycles. The Morgan fingerprint density at radius 1 is 1.03 bits per heavy atom. The van der Waals surface area contributed by atoms with E-state index >= 15 is 0 Å². The minimum atomic E-state index is -0.0534. The summed E-state index contributed by atoms with van der Waals surface area (Å²) >= 11 is 0. The molecule has 4 nitrogen and oxygen atoms in total. The lowest BCUT2D eigenvalue weighted by atomic mass is 9.86. The van der Waals surface area contributed by atoms with Gasteiger partial charge in [-0.25, -0.2) is 0 Å². The second kappa shape index (κ2) is 13.1. The number of carbonyl (C=O) groups excluding carboxylic acids is 1. The van der Waals surface area contributed by atoms with E-state index in [-0.39, 0.29) is 18.7 Å². The van der Waals surface area contributed by atoms with Gasteiger partial charge in [-0.15, -0.1) is 0 Å². The molecule has 0 spiro atoms. The van der Waals surface area contributed by atoms with E-state index in [4.69, 9.17) is 9.47 Å². The fourth-order valence-corrected chi connectivity index (χ4v) is 3.09. The molecule has 0 aliphatic heterocycles. The highest BCUT2D eigenvalue weighted by Crippen LogP contribution is 2.37.